The molecule has 0 bridgehead atoms. The second kappa shape index (κ2) is 6.41. The minimum Gasteiger partial charge on any atom is -0.468 e. The summed E-state index contributed by atoms with van der Waals surface area (Å²) in [7, 11) is 3.80. The van der Waals surface area contributed by atoms with Crippen molar-refractivity contribution in [1.82, 2.24) is 15.2 Å². The van der Waals surface area contributed by atoms with Gasteiger partial charge in [-0.25, -0.2) is 0 Å². The van der Waals surface area contributed by atoms with Crippen LogP contribution in [0.1, 0.15) is 27.9 Å². The van der Waals surface area contributed by atoms with Gasteiger partial charge in [-0.2, -0.15) is 0 Å². The summed E-state index contributed by atoms with van der Waals surface area (Å²) < 4.78 is 5.37. The van der Waals surface area contributed by atoms with Crippen LogP contribution in [0.3, 0.4) is 0 Å². The van der Waals surface area contributed by atoms with Crippen molar-refractivity contribution >= 4 is 5.91 Å². The summed E-state index contributed by atoms with van der Waals surface area (Å²) in [4.78, 5) is 28.7. The number of furan rings is 1. The number of aryl methyl sites for hydroxylation is 1. The molecule has 2 aromatic rings. The second-order valence-electron chi connectivity index (χ2n) is 5.10. The lowest BCUT2D eigenvalue weighted by atomic mass is 10.2. The fourth-order valence-electron chi connectivity index (χ4n) is 2.05. The van der Waals surface area contributed by atoms with Crippen LogP contribution in [0.4, 0.5) is 0 Å². The molecule has 0 aromatic carbocycles. The van der Waals surface area contributed by atoms with Crippen LogP contribution in [-0.4, -0.2) is 36.4 Å². The maximum Gasteiger partial charge on any atom is 0.256 e. The first-order valence-electron chi connectivity index (χ1n) is 6.66. The third kappa shape index (κ3) is 3.61. The molecule has 0 radical (unpaired) electrons. The number of hydrogen-bond donors (Lipinski definition) is 2. The first kappa shape index (κ1) is 15.1. The van der Waals surface area contributed by atoms with Crippen molar-refractivity contribution < 1.29 is 9.21 Å². The Labute approximate surface area is 122 Å². The fraction of sp³-hybridized carbons (Fsp3) is 0.333. The van der Waals surface area contributed by atoms with Crippen molar-refractivity contribution in [2.45, 2.75) is 13.0 Å². The number of aromatic nitrogens is 1. The lowest BCUT2D eigenvalue weighted by molar-refractivity contribution is 0.0937. The number of rotatable bonds is 5. The van der Waals surface area contributed by atoms with Crippen LogP contribution in [0, 0.1) is 6.92 Å². The Balaban J connectivity index is 2.07. The molecule has 1 atom stereocenters. The molecule has 112 valence electrons. The number of nitrogens with one attached hydrogen (secondary N) is 2. The molecule has 6 nitrogen and oxygen atoms in total. The zero-order valence-corrected chi connectivity index (χ0v) is 12.3. The Hall–Kier alpha value is -2.34. The molecule has 0 saturated heterocycles. The van der Waals surface area contributed by atoms with Gasteiger partial charge in [0.15, 0.2) is 5.43 Å². The molecule has 0 aliphatic carbocycles. The molecule has 0 saturated carbocycles. The Morgan fingerprint density at radius 1 is 1.48 bits per heavy atom. The largest absolute Gasteiger partial charge is 0.468 e. The Kier molecular flexibility index (Phi) is 4.59. The number of hydrogen-bond acceptors (Lipinski definition) is 4. The van der Waals surface area contributed by atoms with Gasteiger partial charge in [0.25, 0.3) is 5.91 Å². The third-order valence-electron chi connectivity index (χ3n) is 3.25. The number of pyridine rings is 1. The van der Waals surface area contributed by atoms with E-state index in [1.165, 1.54) is 12.3 Å². The minimum atomic E-state index is -0.394. The summed E-state index contributed by atoms with van der Waals surface area (Å²) >= 11 is 0. The Bertz CT molecular complexity index is 659. The van der Waals surface area contributed by atoms with E-state index < -0.39 is 5.91 Å². The molecule has 2 heterocycles. The summed E-state index contributed by atoms with van der Waals surface area (Å²) in [5, 5.41) is 2.77. The lowest BCUT2D eigenvalue weighted by Crippen LogP contribution is -2.36. The highest BCUT2D eigenvalue weighted by Crippen LogP contribution is 2.17. The minimum absolute atomic E-state index is 0.0894. The SMILES string of the molecule is Cc1cc(=O)c(C(=O)NCC(c2ccco2)N(C)C)c[nH]1. The molecule has 2 N–H and O–H groups in total. The van der Waals surface area contributed by atoms with Crippen LogP contribution < -0.4 is 10.7 Å². The van der Waals surface area contributed by atoms with Gasteiger partial charge in [0.2, 0.25) is 0 Å². The number of aromatic amines is 1. The highest BCUT2D eigenvalue weighted by atomic mass is 16.3. The molecule has 6 heteroatoms. The number of carbonyl (C=O) groups is 1. The lowest BCUT2D eigenvalue weighted by Gasteiger charge is -2.22. The highest BCUT2D eigenvalue weighted by molar-refractivity contribution is 5.93. The van der Waals surface area contributed by atoms with Gasteiger partial charge in [-0.3, -0.25) is 14.5 Å². The summed E-state index contributed by atoms with van der Waals surface area (Å²) in [6.45, 7) is 2.12. The summed E-state index contributed by atoms with van der Waals surface area (Å²) in [6.07, 6.45) is 3.03. The molecule has 21 heavy (non-hydrogen) atoms. The average molecular weight is 289 g/mol. The van der Waals surface area contributed by atoms with E-state index in [1.807, 2.05) is 25.1 Å². The van der Waals surface area contributed by atoms with Gasteiger partial charge in [0.1, 0.15) is 11.3 Å². The van der Waals surface area contributed by atoms with Crippen LogP contribution in [0.5, 0.6) is 0 Å². The smallest absolute Gasteiger partial charge is 0.256 e. The van der Waals surface area contributed by atoms with Crippen LogP contribution >= 0.6 is 0 Å². The molecular formula is C15H19N3O3. The van der Waals surface area contributed by atoms with Gasteiger partial charge in [0, 0.05) is 24.5 Å². The molecule has 0 fully saturated rings. The van der Waals surface area contributed by atoms with Crippen molar-refractivity contribution in [3.8, 4) is 0 Å². The van der Waals surface area contributed by atoms with E-state index in [0.29, 0.717) is 6.54 Å². The second-order valence-corrected chi connectivity index (χ2v) is 5.10. The zero-order valence-electron chi connectivity index (χ0n) is 12.3. The maximum absolute atomic E-state index is 12.1. The summed E-state index contributed by atoms with van der Waals surface area (Å²) in [6, 6.07) is 4.98. The monoisotopic (exact) mass is 289 g/mol. The van der Waals surface area contributed by atoms with E-state index in [2.05, 4.69) is 10.3 Å². The molecule has 1 unspecified atom stereocenters. The van der Waals surface area contributed by atoms with Crippen LogP contribution in [0.15, 0.2) is 39.9 Å². The van der Waals surface area contributed by atoms with Crippen molar-refractivity contribution in [2.24, 2.45) is 0 Å². The van der Waals surface area contributed by atoms with Crippen molar-refractivity contribution in [3.63, 3.8) is 0 Å². The zero-order chi connectivity index (χ0) is 15.4. The molecule has 0 aliphatic rings. The van der Waals surface area contributed by atoms with Crippen LogP contribution in [0.25, 0.3) is 0 Å². The number of amides is 1. The van der Waals surface area contributed by atoms with E-state index in [1.54, 1.807) is 19.3 Å². The first-order valence-corrected chi connectivity index (χ1v) is 6.66. The third-order valence-corrected chi connectivity index (χ3v) is 3.25. The van der Waals surface area contributed by atoms with Gasteiger partial charge in [-0.15, -0.1) is 0 Å². The predicted octanol–water partition coefficient (Wildman–Crippen LogP) is 1.31. The van der Waals surface area contributed by atoms with Crippen LogP contribution in [0.2, 0.25) is 0 Å². The number of carbonyl (C=O) groups excluding carboxylic acids is 1. The molecule has 0 spiro atoms. The fourth-order valence-corrected chi connectivity index (χ4v) is 2.05. The molecule has 1 amide bonds. The van der Waals surface area contributed by atoms with Gasteiger partial charge < -0.3 is 14.7 Å². The standard InChI is InChI=1S/C15H19N3O3/c1-10-7-13(19)11(8-16-10)15(20)17-9-12(18(2)3)14-5-4-6-21-14/h4-8,12H,9H2,1-3H3,(H,16,19)(H,17,20). The number of H-pyrrole nitrogens is 1. The quantitative estimate of drug-likeness (QED) is 0.870. The van der Waals surface area contributed by atoms with E-state index in [0.717, 1.165) is 11.5 Å². The van der Waals surface area contributed by atoms with Crippen molar-refractivity contribution in [3.05, 3.63) is 57.9 Å². The summed E-state index contributed by atoms with van der Waals surface area (Å²) in [5.74, 6) is 0.368. The normalized spacial score (nSPS) is 12.4. The topological polar surface area (TPSA) is 78.3 Å². The number of likely N-dealkylation sites (N-methyl/N-ethyl adjacent to an activating group) is 1. The van der Waals surface area contributed by atoms with Crippen molar-refractivity contribution in [1.29, 1.82) is 0 Å². The van der Waals surface area contributed by atoms with E-state index in [9.17, 15) is 9.59 Å². The van der Waals surface area contributed by atoms with E-state index in [-0.39, 0.29) is 17.0 Å². The molecule has 2 rings (SSSR count). The Morgan fingerprint density at radius 2 is 2.24 bits per heavy atom. The maximum atomic E-state index is 12.1. The first-order chi connectivity index (χ1) is 9.99. The average Bonchev–Trinajstić information content (AvgIpc) is 2.92. The van der Waals surface area contributed by atoms with Gasteiger partial charge in [0.05, 0.1) is 12.3 Å². The van der Waals surface area contributed by atoms with E-state index in [4.69, 9.17) is 4.42 Å². The number of nitrogens with zero attached hydrogens (tertiary/aromatic N) is 1. The Morgan fingerprint density at radius 3 is 2.81 bits per heavy atom. The predicted molar refractivity (Wildman–Crippen MR) is 79.3 cm³/mol. The van der Waals surface area contributed by atoms with Crippen molar-refractivity contribution in [2.75, 3.05) is 20.6 Å². The van der Waals surface area contributed by atoms with E-state index >= 15 is 0 Å². The van der Waals surface area contributed by atoms with Gasteiger partial charge in [-0.1, -0.05) is 0 Å². The van der Waals surface area contributed by atoms with Gasteiger partial charge >= 0.3 is 0 Å². The molecule has 0 aliphatic heterocycles. The van der Waals surface area contributed by atoms with Gasteiger partial charge in [-0.05, 0) is 33.2 Å². The van der Waals surface area contributed by atoms with Crippen LogP contribution in [-0.2, 0) is 0 Å². The molecular weight excluding hydrogens is 270 g/mol. The molecule has 2 aromatic heterocycles. The summed E-state index contributed by atoms with van der Waals surface area (Å²) in [5.41, 5.74) is 0.541. The highest BCUT2D eigenvalue weighted by Gasteiger charge is 2.19.